The summed E-state index contributed by atoms with van der Waals surface area (Å²) in [5.74, 6) is 2.40. The van der Waals surface area contributed by atoms with Gasteiger partial charge in [-0.2, -0.15) is 0 Å². The van der Waals surface area contributed by atoms with Crippen LogP contribution in [0.2, 0.25) is 0 Å². The van der Waals surface area contributed by atoms with Crippen molar-refractivity contribution in [3.63, 3.8) is 0 Å². The van der Waals surface area contributed by atoms with Crippen LogP contribution in [0, 0.1) is 17.2 Å². The van der Waals surface area contributed by atoms with Crippen molar-refractivity contribution in [1.82, 2.24) is 9.97 Å². The Morgan fingerprint density at radius 3 is 2.22 bits per heavy atom. The number of nitrogens with two attached hydrogens (primary N) is 1. The van der Waals surface area contributed by atoms with Gasteiger partial charge >= 0.3 is 0 Å². The van der Waals surface area contributed by atoms with Gasteiger partial charge in [0.2, 0.25) is 0 Å². The van der Waals surface area contributed by atoms with Gasteiger partial charge in [-0.15, -0.1) is 0 Å². The molecule has 2 aliphatic carbocycles. The van der Waals surface area contributed by atoms with E-state index in [-0.39, 0.29) is 5.84 Å². The zero-order valence-corrected chi connectivity index (χ0v) is 10.5. The van der Waals surface area contributed by atoms with Crippen LogP contribution >= 0.6 is 0 Å². The van der Waals surface area contributed by atoms with Crippen molar-refractivity contribution in [2.24, 2.45) is 17.6 Å². The van der Waals surface area contributed by atoms with Crippen LogP contribution in [0.4, 0.5) is 5.82 Å². The summed E-state index contributed by atoms with van der Waals surface area (Å²) in [7, 11) is 0. The molecule has 0 saturated heterocycles. The average Bonchev–Trinajstić information content (AvgIpc) is 3.23. The SMILES string of the molecule is N=C(N)c1nccnc1N(CC1CC1)CC1CC1. The fourth-order valence-electron chi connectivity index (χ4n) is 2.22. The summed E-state index contributed by atoms with van der Waals surface area (Å²) < 4.78 is 0. The van der Waals surface area contributed by atoms with E-state index in [1.165, 1.54) is 25.7 Å². The number of nitrogens with zero attached hydrogens (tertiary/aromatic N) is 3. The Kier molecular flexibility index (Phi) is 2.89. The van der Waals surface area contributed by atoms with Crippen molar-refractivity contribution in [2.45, 2.75) is 25.7 Å². The number of hydrogen-bond donors (Lipinski definition) is 2. The summed E-state index contributed by atoms with van der Waals surface area (Å²) in [6.45, 7) is 2.07. The maximum Gasteiger partial charge on any atom is 0.158 e. The molecule has 2 fully saturated rings. The smallest absolute Gasteiger partial charge is 0.158 e. The van der Waals surface area contributed by atoms with Crippen LogP contribution in [0.1, 0.15) is 31.4 Å². The molecule has 3 N–H and O–H groups in total. The number of hydrogen-bond acceptors (Lipinski definition) is 4. The fourth-order valence-corrected chi connectivity index (χ4v) is 2.22. The third-order valence-corrected chi connectivity index (χ3v) is 3.58. The van der Waals surface area contributed by atoms with Crippen molar-refractivity contribution in [3.8, 4) is 0 Å². The lowest BCUT2D eigenvalue weighted by Crippen LogP contribution is -2.32. The summed E-state index contributed by atoms with van der Waals surface area (Å²) in [6.07, 6.45) is 8.56. The minimum absolute atomic E-state index is 0.00898. The van der Waals surface area contributed by atoms with E-state index in [4.69, 9.17) is 11.1 Å². The molecule has 0 atom stereocenters. The number of nitrogens with one attached hydrogen (secondary N) is 1. The second-order valence-corrected chi connectivity index (χ2v) is 5.43. The Labute approximate surface area is 107 Å². The molecule has 96 valence electrons. The van der Waals surface area contributed by atoms with E-state index >= 15 is 0 Å². The second-order valence-electron chi connectivity index (χ2n) is 5.43. The molecule has 5 heteroatoms. The quantitative estimate of drug-likeness (QED) is 0.586. The van der Waals surface area contributed by atoms with Crippen molar-refractivity contribution in [1.29, 1.82) is 5.41 Å². The van der Waals surface area contributed by atoms with Crippen molar-refractivity contribution in [2.75, 3.05) is 18.0 Å². The molecule has 18 heavy (non-hydrogen) atoms. The van der Waals surface area contributed by atoms with Crippen LogP contribution in [0.15, 0.2) is 12.4 Å². The normalized spacial score (nSPS) is 18.7. The molecule has 5 nitrogen and oxygen atoms in total. The van der Waals surface area contributed by atoms with E-state index in [0.717, 1.165) is 30.7 Å². The van der Waals surface area contributed by atoms with E-state index in [0.29, 0.717) is 5.69 Å². The maximum atomic E-state index is 7.61. The lowest BCUT2D eigenvalue weighted by atomic mass is 10.2. The van der Waals surface area contributed by atoms with Gasteiger partial charge in [0, 0.05) is 25.5 Å². The molecule has 2 saturated carbocycles. The standard InChI is InChI=1S/C13H19N5/c14-12(15)11-13(17-6-5-16-11)18(7-9-1-2-9)8-10-3-4-10/h5-6,9-10H,1-4,7-8H2,(H3,14,15). The number of amidine groups is 1. The van der Waals surface area contributed by atoms with E-state index in [1.807, 2.05) is 0 Å². The van der Waals surface area contributed by atoms with Gasteiger partial charge in [0.1, 0.15) is 11.5 Å². The number of aromatic nitrogens is 2. The number of nitrogen functional groups attached to an aromatic ring is 1. The second kappa shape index (κ2) is 4.55. The third kappa shape index (κ3) is 2.60. The minimum atomic E-state index is 0.00898. The fraction of sp³-hybridized carbons (Fsp3) is 0.615. The zero-order valence-electron chi connectivity index (χ0n) is 10.5. The van der Waals surface area contributed by atoms with Crippen LogP contribution in [0.5, 0.6) is 0 Å². The molecule has 0 radical (unpaired) electrons. The Hall–Kier alpha value is -1.65. The first-order valence-electron chi connectivity index (χ1n) is 6.64. The highest BCUT2D eigenvalue weighted by atomic mass is 15.2. The van der Waals surface area contributed by atoms with Crippen LogP contribution in [0.3, 0.4) is 0 Å². The summed E-state index contributed by atoms with van der Waals surface area (Å²) in [6, 6.07) is 0. The van der Waals surface area contributed by atoms with E-state index in [9.17, 15) is 0 Å². The topological polar surface area (TPSA) is 78.9 Å². The Morgan fingerprint density at radius 2 is 1.72 bits per heavy atom. The summed E-state index contributed by atoms with van der Waals surface area (Å²) in [4.78, 5) is 10.9. The molecule has 0 amide bonds. The first-order chi connectivity index (χ1) is 8.74. The molecule has 3 rings (SSSR count). The summed E-state index contributed by atoms with van der Waals surface area (Å²) in [5.41, 5.74) is 6.13. The summed E-state index contributed by atoms with van der Waals surface area (Å²) >= 11 is 0. The monoisotopic (exact) mass is 245 g/mol. The molecule has 2 aliphatic rings. The van der Waals surface area contributed by atoms with E-state index in [1.54, 1.807) is 12.4 Å². The first-order valence-corrected chi connectivity index (χ1v) is 6.64. The van der Waals surface area contributed by atoms with Gasteiger partial charge in [0.25, 0.3) is 0 Å². The summed E-state index contributed by atoms with van der Waals surface area (Å²) in [5, 5.41) is 7.61. The van der Waals surface area contributed by atoms with Gasteiger partial charge in [0.15, 0.2) is 5.82 Å². The van der Waals surface area contributed by atoms with Gasteiger partial charge in [-0.1, -0.05) is 0 Å². The molecule has 0 aliphatic heterocycles. The molecule has 1 aromatic heterocycles. The van der Waals surface area contributed by atoms with Crippen LogP contribution in [-0.2, 0) is 0 Å². The Balaban J connectivity index is 1.84. The van der Waals surface area contributed by atoms with Crippen molar-refractivity contribution >= 4 is 11.7 Å². The predicted octanol–water partition coefficient (Wildman–Crippen LogP) is 1.39. The molecule has 1 heterocycles. The van der Waals surface area contributed by atoms with Crippen LogP contribution in [0.25, 0.3) is 0 Å². The molecule has 0 unspecified atom stereocenters. The molecular formula is C13H19N5. The van der Waals surface area contributed by atoms with Crippen molar-refractivity contribution in [3.05, 3.63) is 18.1 Å². The van der Waals surface area contributed by atoms with Crippen molar-refractivity contribution < 1.29 is 0 Å². The van der Waals surface area contributed by atoms with Gasteiger partial charge in [-0.25, -0.2) is 9.97 Å². The van der Waals surface area contributed by atoms with Gasteiger partial charge in [0.05, 0.1) is 0 Å². The number of anilines is 1. The predicted molar refractivity (Wildman–Crippen MR) is 70.7 cm³/mol. The largest absolute Gasteiger partial charge is 0.382 e. The molecular weight excluding hydrogens is 226 g/mol. The van der Waals surface area contributed by atoms with Gasteiger partial charge in [-0.05, 0) is 37.5 Å². The lowest BCUT2D eigenvalue weighted by Gasteiger charge is -2.25. The Bertz CT molecular complexity index is 436. The van der Waals surface area contributed by atoms with Crippen LogP contribution < -0.4 is 10.6 Å². The molecule has 1 aromatic rings. The van der Waals surface area contributed by atoms with E-state index < -0.39 is 0 Å². The molecule has 0 bridgehead atoms. The highest BCUT2D eigenvalue weighted by molar-refractivity contribution is 5.97. The van der Waals surface area contributed by atoms with Crippen LogP contribution in [-0.4, -0.2) is 28.9 Å². The maximum absolute atomic E-state index is 7.61. The molecule has 0 spiro atoms. The minimum Gasteiger partial charge on any atom is -0.382 e. The van der Waals surface area contributed by atoms with Gasteiger partial charge < -0.3 is 10.6 Å². The zero-order chi connectivity index (χ0) is 12.5. The van der Waals surface area contributed by atoms with E-state index in [2.05, 4.69) is 14.9 Å². The highest BCUT2D eigenvalue weighted by Gasteiger charge is 2.31. The lowest BCUT2D eigenvalue weighted by molar-refractivity contribution is 0.669. The first kappa shape index (κ1) is 11.4. The average molecular weight is 245 g/mol. The third-order valence-electron chi connectivity index (χ3n) is 3.58. The number of rotatable bonds is 6. The highest BCUT2D eigenvalue weighted by Crippen LogP contribution is 2.35. The molecule has 0 aromatic carbocycles. The Morgan fingerprint density at radius 1 is 1.17 bits per heavy atom. The van der Waals surface area contributed by atoms with Gasteiger partial charge in [-0.3, -0.25) is 5.41 Å².